The van der Waals surface area contributed by atoms with Crippen LogP contribution in [-0.2, 0) is 0 Å². The van der Waals surface area contributed by atoms with Gasteiger partial charge in [0.25, 0.3) is 5.91 Å². The fourth-order valence-corrected chi connectivity index (χ4v) is 4.02. The minimum Gasteiger partial charge on any atom is -0.436 e. The van der Waals surface area contributed by atoms with E-state index in [1.54, 1.807) is 18.3 Å². The summed E-state index contributed by atoms with van der Waals surface area (Å²) in [6.07, 6.45) is 1.63. The van der Waals surface area contributed by atoms with Crippen LogP contribution in [0.5, 0.6) is 0 Å². The lowest BCUT2D eigenvalue weighted by molar-refractivity contribution is 0.102. The average Bonchev–Trinajstić information content (AvgIpc) is 3.32. The van der Waals surface area contributed by atoms with Gasteiger partial charge in [-0.2, -0.15) is 5.26 Å². The van der Waals surface area contributed by atoms with Crippen LogP contribution in [0, 0.1) is 18.3 Å². The minimum atomic E-state index is -0.188. The number of aliphatic imine (C=N–C) groups is 1. The topological polar surface area (TPSA) is 78.4 Å². The van der Waals surface area contributed by atoms with Gasteiger partial charge in [0.05, 0.1) is 0 Å². The van der Waals surface area contributed by atoms with Crippen molar-refractivity contribution in [3.8, 4) is 28.5 Å². The average molecular weight is 482 g/mol. The van der Waals surface area contributed by atoms with Crippen LogP contribution in [-0.4, -0.2) is 12.1 Å². The molecule has 1 N–H and O–H groups in total. The van der Waals surface area contributed by atoms with E-state index in [1.807, 2.05) is 104 Å². The molecule has 1 heterocycles. The molecule has 0 fully saturated rings. The molecule has 5 heteroatoms. The van der Waals surface area contributed by atoms with Crippen molar-refractivity contribution in [2.24, 2.45) is 4.99 Å². The second-order valence-electron chi connectivity index (χ2n) is 8.53. The normalized spacial score (nSPS) is 10.8. The highest BCUT2D eigenvalue weighted by atomic mass is 16.4. The summed E-state index contributed by atoms with van der Waals surface area (Å²) in [5, 5.41) is 13.0. The first-order chi connectivity index (χ1) is 18.1. The smallest absolute Gasteiger partial charge is 0.255 e. The Morgan fingerprint density at radius 3 is 2.22 bits per heavy atom. The molecule has 0 aliphatic heterocycles. The van der Waals surface area contributed by atoms with E-state index in [9.17, 15) is 10.1 Å². The van der Waals surface area contributed by atoms with Crippen LogP contribution in [0.4, 0.5) is 11.6 Å². The number of aryl methyl sites for hydroxylation is 1. The molecule has 0 saturated heterocycles. The van der Waals surface area contributed by atoms with Gasteiger partial charge in [-0.1, -0.05) is 90.5 Å². The van der Waals surface area contributed by atoms with E-state index < -0.39 is 0 Å². The molecule has 0 aliphatic carbocycles. The lowest BCUT2D eigenvalue weighted by Crippen LogP contribution is -2.11. The Bertz CT molecular complexity index is 1610. The highest BCUT2D eigenvalue weighted by Crippen LogP contribution is 2.42. The van der Waals surface area contributed by atoms with Crippen LogP contribution in [0.25, 0.3) is 22.5 Å². The molecule has 0 saturated carbocycles. The van der Waals surface area contributed by atoms with Crippen molar-refractivity contribution in [2.75, 3.05) is 5.32 Å². The number of benzene rings is 4. The summed E-state index contributed by atoms with van der Waals surface area (Å²) in [6.45, 7) is 1.98. The SMILES string of the molecule is Cc1ccc(C(=O)Nc2cccc(C=Nc3oc(-c4ccccc4)c(-c4ccccc4)c3C#N)c2)cc1. The number of carbonyl (C=O) groups excluding carboxylic acids is 1. The molecule has 5 aromatic rings. The molecule has 0 atom stereocenters. The molecule has 0 spiro atoms. The lowest BCUT2D eigenvalue weighted by Gasteiger charge is -2.06. The fourth-order valence-electron chi connectivity index (χ4n) is 4.02. The second-order valence-corrected chi connectivity index (χ2v) is 8.53. The third kappa shape index (κ3) is 5.24. The molecule has 37 heavy (non-hydrogen) atoms. The molecule has 0 bridgehead atoms. The number of amides is 1. The number of hydrogen-bond acceptors (Lipinski definition) is 4. The maximum absolute atomic E-state index is 12.6. The Labute approximate surface area is 215 Å². The third-order valence-electron chi connectivity index (χ3n) is 5.89. The fraction of sp³-hybridized carbons (Fsp3) is 0.0312. The number of nitriles is 1. The number of furan rings is 1. The van der Waals surface area contributed by atoms with Gasteiger partial charge < -0.3 is 9.73 Å². The summed E-state index contributed by atoms with van der Waals surface area (Å²) in [5.41, 5.74) is 5.89. The van der Waals surface area contributed by atoms with Gasteiger partial charge in [0.1, 0.15) is 17.4 Å². The van der Waals surface area contributed by atoms with Crippen LogP contribution in [0.15, 0.2) is 119 Å². The predicted molar refractivity (Wildman–Crippen MR) is 147 cm³/mol. The zero-order chi connectivity index (χ0) is 25.6. The number of rotatable bonds is 6. The summed E-state index contributed by atoms with van der Waals surface area (Å²) in [5.74, 6) is 0.635. The molecule has 1 amide bonds. The van der Waals surface area contributed by atoms with E-state index in [4.69, 9.17) is 4.42 Å². The Kier molecular flexibility index (Phi) is 6.74. The second kappa shape index (κ2) is 10.6. The van der Waals surface area contributed by atoms with E-state index in [-0.39, 0.29) is 11.8 Å². The first kappa shape index (κ1) is 23.5. The van der Waals surface area contributed by atoms with Gasteiger partial charge in [-0.15, -0.1) is 0 Å². The third-order valence-corrected chi connectivity index (χ3v) is 5.89. The van der Waals surface area contributed by atoms with Crippen molar-refractivity contribution in [1.29, 1.82) is 5.26 Å². The Morgan fingerprint density at radius 1 is 0.865 bits per heavy atom. The van der Waals surface area contributed by atoms with E-state index in [0.717, 1.165) is 22.3 Å². The van der Waals surface area contributed by atoms with Crippen LogP contribution in [0.1, 0.15) is 27.0 Å². The first-order valence-corrected chi connectivity index (χ1v) is 11.8. The summed E-state index contributed by atoms with van der Waals surface area (Å²) in [7, 11) is 0. The maximum atomic E-state index is 12.6. The molecule has 0 aliphatic rings. The number of carbonyl (C=O) groups is 1. The molecule has 1 aromatic heterocycles. The summed E-state index contributed by atoms with van der Waals surface area (Å²) < 4.78 is 6.17. The molecular formula is C32H23N3O2. The van der Waals surface area contributed by atoms with Crippen LogP contribution in [0.2, 0.25) is 0 Å². The first-order valence-electron chi connectivity index (χ1n) is 11.8. The van der Waals surface area contributed by atoms with Crippen molar-refractivity contribution < 1.29 is 9.21 Å². The molecule has 5 nitrogen and oxygen atoms in total. The molecule has 4 aromatic carbocycles. The number of hydrogen-bond donors (Lipinski definition) is 1. The van der Waals surface area contributed by atoms with Crippen molar-refractivity contribution in [3.05, 3.63) is 131 Å². The van der Waals surface area contributed by atoms with E-state index >= 15 is 0 Å². The number of anilines is 1. The van der Waals surface area contributed by atoms with Gasteiger partial charge in [-0.05, 0) is 42.3 Å². The lowest BCUT2D eigenvalue weighted by atomic mass is 9.98. The highest BCUT2D eigenvalue weighted by molar-refractivity contribution is 6.04. The molecule has 178 valence electrons. The molecular weight excluding hydrogens is 458 g/mol. The van der Waals surface area contributed by atoms with E-state index in [0.29, 0.717) is 28.1 Å². The van der Waals surface area contributed by atoms with Gasteiger partial charge >= 0.3 is 0 Å². The van der Waals surface area contributed by atoms with Gasteiger partial charge in [0.15, 0.2) is 0 Å². The monoisotopic (exact) mass is 481 g/mol. The largest absolute Gasteiger partial charge is 0.436 e. The highest BCUT2D eigenvalue weighted by Gasteiger charge is 2.22. The predicted octanol–water partition coefficient (Wildman–Crippen LogP) is 7.80. The van der Waals surface area contributed by atoms with Crippen LogP contribution >= 0.6 is 0 Å². The van der Waals surface area contributed by atoms with E-state index in [1.165, 1.54) is 0 Å². The standard InChI is InChI=1S/C32H23N3O2/c1-22-15-17-26(18-16-22)31(36)35-27-14-8-9-23(19-27)21-34-32-28(20-33)29(24-10-4-2-5-11-24)30(37-32)25-12-6-3-7-13-25/h2-19,21H,1H3,(H,35,36). The van der Waals surface area contributed by atoms with Crippen molar-refractivity contribution in [1.82, 2.24) is 0 Å². The molecule has 0 unspecified atom stereocenters. The molecule has 0 radical (unpaired) electrons. The van der Waals surface area contributed by atoms with E-state index in [2.05, 4.69) is 16.4 Å². The van der Waals surface area contributed by atoms with Crippen LogP contribution in [0.3, 0.4) is 0 Å². The van der Waals surface area contributed by atoms with Crippen LogP contribution < -0.4 is 5.32 Å². The zero-order valence-electron chi connectivity index (χ0n) is 20.2. The van der Waals surface area contributed by atoms with Gasteiger partial charge in [-0.25, -0.2) is 4.99 Å². The Balaban J connectivity index is 1.47. The van der Waals surface area contributed by atoms with Gasteiger partial charge in [0, 0.05) is 28.6 Å². The quantitative estimate of drug-likeness (QED) is 0.251. The summed E-state index contributed by atoms with van der Waals surface area (Å²) >= 11 is 0. The Hall–Kier alpha value is -5.21. The molecule has 5 rings (SSSR count). The summed E-state index contributed by atoms with van der Waals surface area (Å²) in [4.78, 5) is 17.2. The maximum Gasteiger partial charge on any atom is 0.255 e. The minimum absolute atomic E-state index is 0.188. The van der Waals surface area contributed by atoms with Gasteiger partial charge in [0.2, 0.25) is 5.88 Å². The zero-order valence-corrected chi connectivity index (χ0v) is 20.2. The number of nitrogens with one attached hydrogen (secondary N) is 1. The Morgan fingerprint density at radius 2 is 1.54 bits per heavy atom. The van der Waals surface area contributed by atoms with Crippen molar-refractivity contribution in [2.45, 2.75) is 6.92 Å². The van der Waals surface area contributed by atoms with Gasteiger partial charge in [-0.3, -0.25) is 4.79 Å². The summed E-state index contributed by atoms with van der Waals surface area (Å²) in [6, 6.07) is 36.4. The van der Waals surface area contributed by atoms with Crippen molar-refractivity contribution >= 4 is 23.7 Å². The number of nitrogens with zero attached hydrogens (tertiary/aromatic N) is 2. The van der Waals surface area contributed by atoms with Crippen molar-refractivity contribution in [3.63, 3.8) is 0 Å².